The summed E-state index contributed by atoms with van der Waals surface area (Å²) in [6, 6.07) is 8.21. The molecule has 0 aliphatic carbocycles. The molecule has 1 aromatic rings. The molecule has 0 radical (unpaired) electrons. The minimum Gasteiger partial charge on any atom is -0.385 e. The summed E-state index contributed by atoms with van der Waals surface area (Å²) in [4.78, 5) is 35.8. The quantitative estimate of drug-likeness (QED) is 0.525. The number of hydrogen-bond acceptors (Lipinski definition) is 4. The zero-order valence-electron chi connectivity index (χ0n) is 15.8. The number of hydrogen-bond donors (Lipinski definition) is 3. The van der Waals surface area contributed by atoms with Crippen LogP contribution >= 0.6 is 0 Å². The Labute approximate surface area is 155 Å². The average molecular weight is 362 g/mol. The van der Waals surface area contributed by atoms with E-state index in [0.29, 0.717) is 31.4 Å². The lowest BCUT2D eigenvalue weighted by molar-refractivity contribution is -0.125. The van der Waals surface area contributed by atoms with Crippen molar-refractivity contribution in [1.29, 1.82) is 0 Å². The van der Waals surface area contributed by atoms with Gasteiger partial charge in [0.2, 0.25) is 5.91 Å². The van der Waals surface area contributed by atoms with E-state index in [-0.39, 0.29) is 23.5 Å². The smallest absolute Gasteiger partial charge is 0.251 e. The molecule has 2 amide bonds. The van der Waals surface area contributed by atoms with Crippen LogP contribution in [0.3, 0.4) is 0 Å². The number of aliphatic hydroxyl groups is 1. The lowest BCUT2D eigenvalue weighted by atomic mass is 9.97. The molecule has 0 spiro atoms. The van der Waals surface area contributed by atoms with E-state index in [1.54, 1.807) is 24.3 Å². The fourth-order valence-corrected chi connectivity index (χ4v) is 2.50. The van der Waals surface area contributed by atoms with E-state index >= 15 is 0 Å². The maximum atomic E-state index is 12.5. The van der Waals surface area contributed by atoms with Crippen LogP contribution in [0.5, 0.6) is 0 Å². The molecule has 144 valence electrons. The Morgan fingerprint density at radius 2 is 1.77 bits per heavy atom. The lowest BCUT2D eigenvalue weighted by Gasteiger charge is -2.23. The van der Waals surface area contributed by atoms with Crippen LogP contribution in [0, 0.1) is 5.92 Å². The molecule has 0 aliphatic heterocycles. The van der Waals surface area contributed by atoms with Crippen LogP contribution in [-0.4, -0.2) is 41.4 Å². The van der Waals surface area contributed by atoms with Gasteiger partial charge in [0, 0.05) is 12.1 Å². The van der Waals surface area contributed by atoms with Crippen LogP contribution in [0.25, 0.3) is 0 Å². The molecule has 0 saturated heterocycles. The van der Waals surface area contributed by atoms with E-state index in [2.05, 4.69) is 10.6 Å². The van der Waals surface area contributed by atoms with E-state index in [0.717, 1.165) is 6.42 Å². The second-order valence-electron chi connectivity index (χ2n) is 6.62. The highest BCUT2D eigenvalue weighted by Crippen LogP contribution is 2.10. The molecule has 6 heteroatoms. The summed E-state index contributed by atoms with van der Waals surface area (Å²) in [5.74, 6) is -0.719. The van der Waals surface area contributed by atoms with Gasteiger partial charge in [0.25, 0.3) is 5.91 Å². The fraction of sp³-hybridized carbons (Fsp3) is 0.550. The van der Waals surface area contributed by atoms with E-state index in [4.69, 9.17) is 0 Å². The number of Topliss-reactive ketones (excluding diaryl/α,β-unsaturated/α-hetero) is 1. The largest absolute Gasteiger partial charge is 0.385 e. The van der Waals surface area contributed by atoms with Gasteiger partial charge in [-0.2, -0.15) is 0 Å². The van der Waals surface area contributed by atoms with Crippen molar-refractivity contribution in [3.63, 3.8) is 0 Å². The van der Waals surface area contributed by atoms with Gasteiger partial charge in [0.15, 0.2) is 5.78 Å². The third kappa shape index (κ3) is 7.35. The Morgan fingerprint density at radius 1 is 1.12 bits per heavy atom. The molecule has 0 fully saturated rings. The van der Waals surface area contributed by atoms with Crippen molar-refractivity contribution in [2.24, 2.45) is 5.92 Å². The van der Waals surface area contributed by atoms with E-state index in [1.165, 1.54) is 6.92 Å². The molecule has 0 saturated carbocycles. The first kappa shape index (κ1) is 21.8. The Bertz CT molecular complexity index is 589. The van der Waals surface area contributed by atoms with Crippen LogP contribution in [0.1, 0.15) is 56.8 Å². The summed E-state index contributed by atoms with van der Waals surface area (Å²) >= 11 is 0. The van der Waals surface area contributed by atoms with Crippen molar-refractivity contribution in [3.05, 3.63) is 35.9 Å². The Hall–Kier alpha value is -2.21. The normalized spacial score (nSPS) is 14.2. The first-order valence-corrected chi connectivity index (χ1v) is 9.19. The van der Waals surface area contributed by atoms with Gasteiger partial charge in [-0.3, -0.25) is 14.4 Å². The van der Waals surface area contributed by atoms with Gasteiger partial charge in [-0.25, -0.2) is 0 Å². The minimum absolute atomic E-state index is 0.00203. The van der Waals surface area contributed by atoms with Gasteiger partial charge in [0.05, 0.1) is 0 Å². The zero-order chi connectivity index (χ0) is 19.5. The SMILES string of the molecule is CCC(C)[C@H](NC(=O)c1ccccc1)C(=O)NCCCCC(O)C(C)=O. The van der Waals surface area contributed by atoms with Crippen molar-refractivity contribution in [2.75, 3.05) is 6.54 Å². The molecule has 0 bridgehead atoms. The van der Waals surface area contributed by atoms with Gasteiger partial charge in [-0.05, 0) is 44.2 Å². The van der Waals surface area contributed by atoms with Crippen molar-refractivity contribution in [2.45, 2.75) is 58.6 Å². The average Bonchev–Trinajstić information content (AvgIpc) is 2.65. The summed E-state index contributed by atoms with van der Waals surface area (Å²) in [7, 11) is 0. The monoisotopic (exact) mass is 362 g/mol. The fourth-order valence-electron chi connectivity index (χ4n) is 2.50. The third-order valence-corrected chi connectivity index (χ3v) is 4.49. The first-order chi connectivity index (χ1) is 12.4. The van der Waals surface area contributed by atoms with E-state index < -0.39 is 12.1 Å². The number of carbonyl (C=O) groups excluding carboxylic acids is 3. The number of carbonyl (C=O) groups is 3. The van der Waals surface area contributed by atoms with Crippen molar-refractivity contribution in [3.8, 4) is 0 Å². The first-order valence-electron chi connectivity index (χ1n) is 9.19. The van der Waals surface area contributed by atoms with Crippen LogP contribution in [0.2, 0.25) is 0 Å². The molecule has 0 heterocycles. The topological polar surface area (TPSA) is 95.5 Å². The highest BCUT2D eigenvalue weighted by molar-refractivity contribution is 5.97. The summed E-state index contributed by atoms with van der Waals surface area (Å²) < 4.78 is 0. The van der Waals surface area contributed by atoms with Gasteiger partial charge < -0.3 is 15.7 Å². The molecular weight excluding hydrogens is 332 g/mol. The number of nitrogens with one attached hydrogen (secondary N) is 2. The van der Waals surface area contributed by atoms with E-state index in [1.807, 2.05) is 19.9 Å². The zero-order valence-corrected chi connectivity index (χ0v) is 15.8. The second-order valence-corrected chi connectivity index (χ2v) is 6.62. The summed E-state index contributed by atoms with van der Waals surface area (Å²) in [5, 5.41) is 15.1. The van der Waals surface area contributed by atoms with Gasteiger partial charge in [-0.15, -0.1) is 0 Å². The molecule has 3 atom stereocenters. The number of unbranched alkanes of at least 4 members (excludes halogenated alkanes) is 1. The predicted octanol–water partition coefficient (Wildman–Crippen LogP) is 2.07. The molecule has 1 aromatic carbocycles. The Kier molecular flexibility index (Phi) is 9.58. The Balaban J connectivity index is 2.51. The predicted molar refractivity (Wildman–Crippen MR) is 101 cm³/mol. The third-order valence-electron chi connectivity index (χ3n) is 4.49. The molecule has 1 rings (SSSR count). The van der Waals surface area contributed by atoms with Crippen LogP contribution in [0.15, 0.2) is 30.3 Å². The van der Waals surface area contributed by atoms with Gasteiger partial charge in [-0.1, -0.05) is 38.5 Å². The summed E-state index contributed by atoms with van der Waals surface area (Å²) in [6.45, 7) is 5.71. The second kappa shape index (κ2) is 11.4. The maximum absolute atomic E-state index is 12.5. The Morgan fingerprint density at radius 3 is 2.35 bits per heavy atom. The molecule has 0 aromatic heterocycles. The van der Waals surface area contributed by atoms with Crippen LogP contribution in [0.4, 0.5) is 0 Å². The summed E-state index contributed by atoms with van der Waals surface area (Å²) in [5.41, 5.74) is 0.520. The minimum atomic E-state index is -0.927. The standard InChI is InChI=1S/C20H30N2O4/c1-4-14(2)18(22-19(25)16-10-6-5-7-11-16)20(26)21-13-9-8-12-17(24)15(3)23/h5-7,10-11,14,17-18,24H,4,8-9,12-13H2,1-3H3,(H,21,26)(H,22,25)/t14?,17?,18-/m0/s1. The lowest BCUT2D eigenvalue weighted by Crippen LogP contribution is -2.50. The number of ketones is 1. The molecule has 2 unspecified atom stereocenters. The molecule has 6 nitrogen and oxygen atoms in total. The number of amides is 2. The highest BCUT2D eigenvalue weighted by Gasteiger charge is 2.26. The summed E-state index contributed by atoms with van der Waals surface area (Å²) in [6.07, 6.45) is 1.54. The maximum Gasteiger partial charge on any atom is 0.251 e. The molecular formula is C20H30N2O4. The highest BCUT2D eigenvalue weighted by atomic mass is 16.3. The van der Waals surface area contributed by atoms with Crippen molar-refractivity contribution >= 4 is 17.6 Å². The van der Waals surface area contributed by atoms with E-state index in [9.17, 15) is 19.5 Å². The molecule has 26 heavy (non-hydrogen) atoms. The molecule has 0 aliphatic rings. The number of rotatable bonds is 11. The number of aliphatic hydroxyl groups excluding tert-OH is 1. The van der Waals surface area contributed by atoms with Gasteiger partial charge in [0.1, 0.15) is 12.1 Å². The van der Waals surface area contributed by atoms with Crippen LogP contribution in [-0.2, 0) is 9.59 Å². The number of benzene rings is 1. The van der Waals surface area contributed by atoms with Crippen molar-refractivity contribution in [1.82, 2.24) is 10.6 Å². The van der Waals surface area contributed by atoms with Gasteiger partial charge >= 0.3 is 0 Å². The van der Waals surface area contributed by atoms with Crippen molar-refractivity contribution < 1.29 is 19.5 Å². The molecule has 3 N–H and O–H groups in total. The van der Waals surface area contributed by atoms with Crippen LogP contribution < -0.4 is 10.6 Å².